The lowest BCUT2D eigenvalue weighted by Crippen LogP contribution is -2.34. The lowest BCUT2D eigenvalue weighted by molar-refractivity contribution is -0.117. The summed E-state index contributed by atoms with van der Waals surface area (Å²) < 4.78 is 0. The third kappa shape index (κ3) is 5.35. The van der Waals surface area contributed by atoms with Gasteiger partial charge in [-0.15, -0.1) is 0 Å². The first-order valence-electron chi connectivity index (χ1n) is 8.41. The van der Waals surface area contributed by atoms with Gasteiger partial charge in [0.1, 0.15) is 0 Å². The van der Waals surface area contributed by atoms with Crippen molar-refractivity contribution >= 4 is 17.3 Å². The monoisotopic (exact) mass is 326 g/mol. The Labute approximate surface area is 143 Å². The van der Waals surface area contributed by atoms with Crippen molar-refractivity contribution in [1.29, 1.82) is 0 Å². The second kappa shape index (κ2) is 9.03. The Morgan fingerprint density at radius 2 is 1.96 bits per heavy atom. The fraction of sp³-hybridized carbons (Fsp3) is 0.368. The summed E-state index contributed by atoms with van der Waals surface area (Å²) in [6.07, 6.45) is 5.38. The van der Waals surface area contributed by atoms with E-state index in [9.17, 15) is 4.79 Å². The number of amides is 1. The van der Waals surface area contributed by atoms with Gasteiger partial charge in [-0.05, 0) is 54.8 Å². The number of nitrogen functional groups attached to an aromatic ring is 1. The molecule has 2 rings (SSSR count). The van der Waals surface area contributed by atoms with Crippen LogP contribution in [0.1, 0.15) is 25.0 Å². The number of nitrogens with two attached hydrogens (primary N) is 1. The number of aryl methyl sites for hydroxylation is 1. The molecule has 0 aliphatic heterocycles. The molecule has 0 spiro atoms. The maximum atomic E-state index is 12.3. The molecule has 24 heavy (non-hydrogen) atoms. The van der Waals surface area contributed by atoms with E-state index in [1.165, 1.54) is 5.56 Å². The summed E-state index contributed by atoms with van der Waals surface area (Å²) in [6, 6.07) is 9.70. The first kappa shape index (κ1) is 17.9. The van der Waals surface area contributed by atoms with Gasteiger partial charge in [-0.3, -0.25) is 14.7 Å². The number of likely N-dealkylation sites (N-methyl/N-ethyl adjacent to an activating group) is 1. The summed E-state index contributed by atoms with van der Waals surface area (Å²) in [5.41, 5.74) is 9.78. The topological polar surface area (TPSA) is 71.2 Å². The van der Waals surface area contributed by atoms with Crippen LogP contribution in [0.3, 0.4) is 0 Å². The van der Waals surface area contributed by atoms with E-state index in [0.717, 1.165) is 42.9 Å². The van der Waals surface area contributed by atoms with Crippen molar-refractivity contribution in [3.8, 4) is 0 Å². The first-order valence-corrected chi connectivity index (χ1v) is 8.41. The fourth-order valence-electron chi connectivity index (χ4n) is 2.58. The smallest absolute Gasteiger partial charge is 0.238 e. The Balaban J connectivity index is 1.86. The highest BCUT2D eigenvalue weighted by Crippen LogP contribution is 2.18. The van der Waals surface area contributed by atoms with Crippen LogP contribution < -0.4 is 11.1 Å². The van der Waals surface area contributed by atoms with Crippen molar-refractivity contribution in [3.63, 3.8) is 0 Å². The number of nitrogens with zero attached hydrogens (tertiary/aromatic N) is 2. The van der Waals surface area contributed by atoms with Crippen molar-refractivity contribution in [2.75, 3.05) is 30.7 Å². The largest absolute Gasteiger partial charge is 0.398 e. The standard InChI is InChI=1S/C19H26N4O/c1-3-16-5-6-17(13-18(16)20)22-19(24)14-23(4-2)12-9-15-7-10-21-11-8-15/h5-8,10-11,13H,3-4,9,12,14,20H2,1-2H3,(H,22,24). The molecule has 128 valence electrons. The van der Waals surface area contributed by atoms with Crippen LogP contribution in [0.5, 0.6) is 0 Å². The van der Waals surface area contributed by atoms with Gasteiger partial charge < -0.3 is 11.1 Å². The number of hydrogen-bond donors (Lipinski definition) is 2. The molecule has 0 aliphatic rings. The number of aromatic nitrogens is 1. The number of carbonyl (C=O) groups is 1. The quantitative estimate of drug-likeness (QED) is 0.732. The third-order valence-electron chi connectivity index (χ3n) is 4.09. The zero-order valence-corrected chi connectivity index (χ0v) is 14.5. The molecule has 1 heterocycles. The van der Waals surface area contributed by atoms with Gasteiger partial charge in [0.2, 0.25) is 5.91 Å². The van der Waals surface area contributed by atoms with E-state index in [0.29, 0.717) is 6.54 Å². The minimum Gasteiger partial charge on any atom is -0.398 e. The van der Waals surface area contributed by atoms with Crippen molar-refractivity contribution in [2.45, 2.75) is 26.7 Å². The molecule has 1 amide bonds. The number of benzene rings is 1. The van der Waals surface area contributed by atoms with Crippen LogP contribution in [0, 0.1) is 0 Å². The first-order chi connectivity index (χ1) is 11.6. The molecule has 0 unspecified atom stereocenters. The van der Waals surface area contributed by atoms with Crippen LogP contribution >= 0.6 is 0 Å². The normalized spacial score (nSPS) is 10.8. The van der Waals surface area contributed by atoms with E-state index in [1.807, 2.05) is 30.3 Å². The Kier molecular flexibility index (Phi) is 6.75. The van der Waals surface area contributed by atoms with Crippen LogP contribution in [0.2, 0.25) is 0 Å². The van der Waals surface area contributed by atoms with Gasteiger partial charge in [-0.2, -0.15) is 0 Å². The second-order valence-electron chi connectivity index (χ2n) is 5.79. The van der Waals surface area contributed by atoms with E-state index in [1.54, 1.807) is 12.4 Å². The SMILES string of the molecule is CCc1ccc(NC(=O)CN(CC)CCc2ccncc2)cc1N. The molecule has 1 aromatic carbocycles. The minimum atomic E-state index is -0.0183. The van der Waals surface area contributed by atoms with E-state index in [-0.39, 0.29) is 5.91 Å². The van der Waals surface area contributed by atoms with Crippen LogP contribution in [0.25, 0.3) is 0 Å². The van der Waals surface area contributed by atoms with Crippen molar-refractivity contribution in [3.05, 3.63) is 53.9 Å². The van der Waals surface area contributed by atoms with Gasteiger partial charge in [0.25, 0.3) is 0 Å². The van der Waals surface area contributed by atoms with E-state index in [4.69, 9.17) is 5.73 Å². The average Bonchev–Trinajstić information content (AvgIpc) is 2.59. The molecular formula is C19H26N4O. The van der Waals surface area contributed by atoms with Gasteiger partial charge in [0.05, 0.1) is 6.54 Å². The Morgan fingerprint density at radius 3 is 2.58 bits per heavy atom. The average molecular weight is 326 g/mol. The van der Waals surface area contributed by atoms with E-state index < -0.39 is 0 Å². The summed E-state index contributed by atoms with van der Waals surface area (Å²) in [5, 5.41) is 2.93. The summed E-state index contributed by atoms with van der Waals surface area (Å²) in [4.78, 5) is 18.4. The highest BCUT2D eigenvalue weighted by atomic mass is 16.2. The highest BCUT2D eigenvalue weighted by molar-refractivity contribution is 5.92. The number of nitrogens with one attached hydrogen (secondary N) is 1. The fourth-order valence-corrected chi connectivity index (χ4v) is 2.58. The van der Waals surface area contributed by atoms with Gasteiger partial charge in [-0.25, -0.2) is 0 Å². The van der Waals surface area contributed by atoms with Gasteiger partial charge in [0, 0.05) is 30.3 Å². The second-order valence-corrected chi connectivity index (χ2v) is 5.79. The predicted molar refractivity (Wildman–Crippen MR) is 98.9 cm³/mol. The molecule has 5 heteroatoms. The zero-order chi connectivity index (χ0) is 17.4. The maximum Gasteiger partial charge on any atom is 0.238 e. The molecule has 0 atom stereocenters. The molecule has 0 bridgehead atoms. The van der Waals surface area contributed by atoms with Crippen LogP contribution in [0.4, 0.5) is 11.4 Å². The molecule has 1 aromatic heterocycles. The summed E-state index contributed by atoms with van der Waals surface area (Å²) in [7, 11) is 0. The van der Waals surface area contributed by atoms with E-state index >= 15 is 0 Å². The number of hydrogen-bond acceptors (Lipinski definition) is 4. The minimum absolute atomic E-state index is 0.0183. The molecule has 0 saturated heterocycles. The van der Waals surface area contributed by atoms with Crippen LogP contribution in [-0.4, -0.2) is 35.4 Å². The molecule has 5 nitrogen and oxygen atoms in total. The molecule has 3 N–H and O–H groups in total. The summed E-state index contributed by atoms with van der Waals surface area (Å²) >= 11 is 0. The molecule has 0 radical (unpaired) electrons. The number of carbonyl (C=O) groups excluding carboxylic acids is 1. The van der Waals surface area contributed by atoms with Gasteiger partial charge >= 0.3 is 0 Å². The van der Waals surface area contributed by atoms with Gasteiger partial charge in [0.15, 0.2) is 0 Å². The van der Waals surface area contributed by atoms with Crippen molar-refractivity contribution in [1.82, 2.24) is 9.88 Å². The summed E-state index contributed by atoms with van der Waals surface area (Å²) in [5.74, 6) is -0.0183. The lowest BCUT2D eigenvalue weighted by Gasteiger charge is -2.20. The molecule has 0 saturated carbocycles. The van der Waals surface area contributed by atoms with E-state index in [2.05, 4.69) is 29.0 Å². The Hall–Kier alpha value is -2.40. The van der Waals surface area contributed by atoms with Crippen LogP contribution in [0.15, 0.2) is 42.7 Å². The van der Waals surface area contributed by atoms with Crippen molar-refractivity contribution < 1.29 is 4.79 Å². The number of pyridine rings is 1. The molecule has 0 aliphatic carbocycles. The predicted octanol–water partition coefficient (Wildman–Crippen LogP) is 2.73. The Bertz CT molecular complexity index is 658. The van der Waals surface area contributed by atoms with Crippen molar-refractivity contribution in [2.24, 2.45) is 0 Å². The van der Waals surface area contributed by atoms with Gasteiger partial charge in [-0.1, -0.05) is 19.9 Å². The van der Waals surface area contributed by atoms with Crippen LogP contribution in [-0.2, 0) is 17.6 Å². The lowest BCUT2D eigenvalue weighted by atomic mass is 10.1. The molecule has 0 fully saturated rings. The number of anilines is 2. The maximum absolute atomic E-state index is 12.3. The summed E-state index contributed by atoms with van der Waals surface area (Å²) in [6.45, 7) is 6.16. The highest BCUT2D eigenvalue weighted by Gasteiger charge is 2.10. The number of rotatable bonds is 8. The molecule has 2 aromatic rings. The Morgan fingerprint density at radius 1 is 1.21 bits per heavy atom. The zero-order valence-electron chi connectivity index (χ0n) is 14.5. The third-order valence-corrected chi connectivity index (χ3v) is 4.09. The molecular weight excluding hydrogens is 300 g/mol.